The van der Waals surface area contributed by atoms with Gasteiger partial charge in [0, 0.05) is 56.6 Å². The summed E-state index contributed by atoms with van der Waals surface area (Å²) in [5.74, 6) is 1.78. The van der Waals surface area contributed by atoms with E-state index in [4.69, 9.17) is 9.47 Å². The number of ether oxygens (including phenoxy) is 2. The Morgan fingerprint density at radius 2 is 1.52 bits per heavy atom. The van der Waals surface area contributed by atoms with Crippen molar-refractivity contribution in [3.05, 3.63) is 78.4 Å². The lowest BCUT2D eigenvalue weighted by molar-refractivity contribution is -0.145. The van der Waals surface area contributed by atoms with Gasteiger partial charge in [-0.2, -0.15) is 0 Å². The molecule has 8 atom stereocenters. The van der Waals surface area contributed by atoms with Crippen LogP contribution < -0.4 is 26.6 Å². The first kappa shape index (κ1) is 47.3. The molecule has 5 N–H and O–H groups in total. The van der Waals surface area contributed by atoms with Crippen molar-refractivity contribution in [2.45, 2.75) is 152 Å². The zero-order valence-electron chi connectivity index (χ0n) is 40.7. The highest BCUT2D eigenvalue weighted by Gasteiger charge is 2.47. The molecule has 3 aromatic rings. The number of aliphatic hydroxyl groups is 1. The molecule has 8 bridgehead atoms. The van der Waals surface area contributed by atoms with Crippen molar-refractivity contribution < 1.29 is 24.2 Å². The van der Waals surface area contributed by atoms with E-state index in [1.54, 1.807) is 0 Å². The predicted molar refractivity (Wildman–Crippen MR) is 261 cm³/mol. The summed E-state index contributed by atoms with van der Waals surface area (Å²) in [6, 6.07) is -0.376. The fourth-order valence-electron chi connectivity index (χ4n) is 11.4. The zero-order valence-corrected chi connectivity index (χ0v) is 40.7. The van der Waals surface area contributed by atoms with Gasteiger partial charge < -0.3 is 34.8 Å². The van der Waals surface area contributed by atoms with Crippen LogP contribution in [0.25, 0.3) is 35.6 Å². The molecule has 4 aliphatic rings. The van der Waals surface area contributed by atoms with Gasteiger partial charge in [-0.15, -0.1) is 0 Å². The van der Waals surface area contributed by atoms with Gasteiger partial charge in [-0.3, -0.25) is 9.59 Å². The highest BCUT2D eigenvalue weighted by molar-refractivity contribution is 5.95. The smallest absolute Gasteiger partial charge is 0.320 e. The summed E-state index contributed by atoms with van der Waals surface area (Å²) < 4.78 is 11.4. The normalized spacial score (nSPS) is 24.9. The standard InChI is InChI=1S/C55H78N4O5/c1-12-39-33(7)42-26-44-35(9)41(23-24-48(60)64-29-38-25-37(38)22-16-21-32(6)20-15-19-31(5)18-14-17-30(3)4)52(58-44)50-51(55(62)63-11)54(61)49-36(10)45(59-53(49)50)28-47-40(13-2)34(8)43(57-47)27-46(39)56-42/h12,26-28,30-32,35,37-38,41,51-52,56-59,61H,1,13-25,29H2,2-11H3/b43-27-,44-26-,47-28-/t31-,32-,35+,37?,38?,41+,51-,52?/m1/s1. The molecule has 7 rings (SSSR count). The summed E-state index contributed by atoms with van der Waals surface area (Å²) in [7, 11) is 1.37. The van der Waals surface area contributed by atoms with Crippen LogP contribution >= 0.6 is 0 Å². The third kappa shape index (κ3) is 9.94. The van der Waals surface area contributed by atoms with Crippen LogP contribution in [-0.2, 0) is 25.5 Å². The van der Waals surface area contributed by atoms with E-state index >= 15 is 0 Å². The van der Waals surface area contributed by atoms with Crippen LogP contribution in [0.15, 0.2) is 12.3 Å². The fourth-order valence-corrected chi connectivity index (χ4v) is 11.4. The molecule has 0 radical (unpaired) electrons. The Hall–Kier alpha value is -4.66. The second kappa shape index (κ2) is 20.2. The van der Waals surface area contributed by atoms with Crippen LogP contribution in [0.3, 0.4) is 0 Å². The van der Waals surface area contributed by atoms with Gasteiger partial charge >= 0.3 is 11.9 Å². The number of hydrogen-bond acceptors (Lipinski definition) is 6. The van der Waals surface area contributed by atoms with Crippen molar-refractivity contribution in [2.24, 2.45) is 47.3 Å². The van der Waals surface area contributed by atoms with E-state index in [-0.39, 0.29) is 36.0 Å². The number of carbonyl (C=O) groups is 2. The molecule has 0 spiro atoms. The average molecular weight is 875 g/mol. The topological polar surface area (TPSA) is 132 Å². The molecule has 3 aromatic heterocycles. The zero-order chi connectivity index (χ0) is 46.0. The highest BCUT2D eigenvalue weighted by atomic mass is 16.5. The number of rotatable bonds is 20. The van der Waals surface area contributed by atoms with E-state index in [2.05, 4.69) is 100 Å². The van der Waals surface area contributed by atoms with Crippen LogP contribution in [-0.4, -0.2) is 51.8 Å². The number of aliphatic hydroxyl groups excluding tert-OH is 1. The maximum Gasteiger partial charge on any atom is 0.320 e. The monoisotopic (exact) mass is 875 g/mol. The largest absolute Gasteiger partial charge is 0.510 e. The minimum absolute atomic E-state index is 0.00438. The van der Waals surface area contributed by atoms with E-state index in [1.807, 2.05) is 13.0 Å². The molecule has 5 heterocycles. The van der Waals surface area contributed by atoms with Gasteiger partial charge in [-0.1, -0.05) is 112 Å². The van der Waals surface area contributed by atoms with Crippen LogP contribution in [0.5, 0.6) is 0 Å². The Morgan fingerprint density at radius 3 is 2.19 bits per heavy atom. The maximum atomic E-state index is 13.7. The molecule has 3 unspecified atom stereocenters. The lowest BCUT2D eigenvalue weighted by atomic mass is 9.80. The minimum Gasteiger partial charge on any atom is -0.510 e. The van der Waals surface area contributed by atoms with Gasteiger partial charge in [0.1, 0.15) is 11.7 Å². The minimum atomic E-state index is -0.981. The van der Waals surface area contributed by atoms with Crippen molar-refractivity contribution in [3.63, 3.8) is 0 Å². The number of hydrogen-bond donors (Lipinski definition) is 5. The third-order valence-electron chi connectivity index (χ3n) is 15.7. The lowest BCUT2D eigenvalue weighted by Crippen LogP contribution is -2.38. The average Bonchev–Trinajstić information content (AvgIpc) is 3.39. The molecule has 2 aliphatic heterocycles. The van der Waals surface area contributed by atoms with Crippen LogP contribution in [0.2, 0.25) is 0 Å². The van der Waals surface area contributed by atoms with Crippen molar-refractivity contribution in [1.82, 2.24) is 20.3 Å². The number of esters is 2. The number of carbonyl (C=O) groups excluding carboxylic acids is 2. The molecule has 9 nitrogen and oxygen atoms in total. The number of H-pyrrole nitrogens is 3. The van der Waals surface area contributed by atoms with Crippen molar-refractivity contribution in [3.8, 4) is 0 Å². The summed E-state index contributed by atoms with van der Waals surface area (Å²) in [4.78, 5) is 38.3. The summed E-state index contributed by atoms with van der Waals surface area (Å²) in [5, 5.41) is 19.2. The van der Waals surface area contributed by atoms with Crippen LogP contribution in [0, 0.1) is 68.1 Å². The Morgan fingerprint density at radius 1 is 0.844 bits per heavy atom. The van der Waals surface area contributed by atoms with Gasteiger partial charge in [-0.05, 0) is 122 Å². The molecule has 0 amide bonds. The van der Waals surface area contributed by atoms with Gasteiger partial charge in [0.2, 0.25) is 0 Å². The second-order valence-electron chi connectivity index (χ2n) is 20.7. The highest BCUT2D eigenvalue weighted by Crippen LogP contribution is 2.44. The third-order valence-corrected chi connectivity index (χ3v) is 15.7. The van der Waals surface area contributed by atoms with Gasteiger partial charge in [0.05, 0.1) is 25.1 Å². The van der Waals surface area contributed by atoms with Crippen molar-refractivity contribution >= 4 is 47.6 Å². The second-order valence-corrected chi connectivity index (χ2v) is 20.7. The first-order valence-corrected chi connectivity index (χ1v) is 24.8. The van der Waals surface area contributed by atoms with Crippen molar-refractivity contribution in [1.29, 1.82) is 0 Å². The summed E-state index contributed by atoms with van der Waals surface area (Å²) in [5.41, 5.74) is 9.91. The molecule has 348 valence electrons. The number of aromatic nitrogens is 3. The van der Waals surface area contributed by atoms with Crippen LogP contribution in [0.1, 0.15) is 163 Å². The first-order chi connectivity index (χ1) is 30.6. The maximum absolute atomic E-state index is 13.7. The molecular formula is C55H78N4O5. The van der Waals surface area contributed by atoms with E-state index in [0.717, 1.165) is 91.7 Å². The number of allylic oxidation sites excluding steroid dienone is 1. The Kier molecular flexibility index (Phi) is 15.0. The molecule has 1 saturated carbocycles. The Balaban J connectivity index is 1.07. The number of nitrogens with one attached hydrogen (secondary N) is 4. The molecule has 1 saturated heterocycles. The van der Waals surface area contributed by atoms with Gasteiger partial charge in [0.15, 0.2) is 0 Å². The predicted octanol–water partition coefficient (Wildman–Crippen LogP) is 9.06. The van der Waals surface area contributed by atoms with E-state index in [9.17, 15) is 14.7 Å². The quantitative estimate of drug-likeness (QED) is 0.0721. The van der Waals surface area contributed by atoms with Crippen LogP contribution in [0.4, 0.5) is 0 Å². The number of fused-ring (bicyclic) bond motifs is 8. The molecule has 9 heteroatoms. The van der Waals surface area contributed by atoms with E-state index < -0.39 is 11.9 Å². The molecule has 2 aliphatic carbocycles. The fraction of sp³-hybridized carbons (Fsp3) is 0.600. The summed E-state index contributed by atoms with van der Waals surface area (Å²) >= 11 is 0. The molecule has 2 fully saturated rings. The summed E-state index contributed by atoms with van der Waals surface area (Å²) in [6.07, 6.45) is 23.0. The first-order valence-electron chi connectivity index (χ1n) is 24.8. The number of aromatic amines is 3. The Labute approximate surface area is 382 Å². The Bertz CT molecular complexity index is 2490. The molecule has 64 heavy (non-hydrogen) atoms. The summed E-state index contributed by atoms with van der Waals surface area (Å²) in [6.45, 7) is 24.8. The molecule has 0 aromatic carbocycles. The van der Waals surface area contributed by atoms with Gasteiger partial charge in [-0.25, -0.2) is 0 Å². The SMILES string of the molecule is C=Cc1c2[nH]c(c1C)/C=C1\NC(C3=c4[nH]c(c(C)c4=C(O)[C@@H]3C(=O)OC)/C=c3\[nH]/c(c(C)c3CC)=C\2)[C@@H](CCC(=O)OCC2CC2CCC[C@H](C)CCC[C@H](C)CCCC(C)C)[C@@H]1C. The van der Waals surface area contributed by atoms with E-state index in [0.29, 0.717) is 30.1 Å². The lowest BCUT2D eigenvalue weighted by Gasteiger charge is -2.26. The van der Waals surface area contributed by atoms with Crippen molar-refractivity contribution in [2.75, 3.05) is 13.7 Å². The molecular weight excluding hydrogens is 797 g/mol. The van der Waals surface area contributed by atoms with Gasteiger partial charge in [0.25, 0.3) is 0 Å². The number of methoxy groups -OCH3 is 1. The van der Waals surface area contributed by atoms with E-state index in [1.165, 1.54) is 76.0 Å².